The molecule has 8 nitrogen and oxygen atoms in total. The Morgan fingerprint density at radius 3 is 2.31 bits per heavy atom. The molecule has 32 heavy (non-hydrogen) atoms. The van der Waals surface area contributed by atoms with Crippen molar-refractivity contribution < 1.29 is 18.3 Å². The second kappa shape index (κ2) is 9.07. The third-order valence-electron chi connectivity index (χ3n) is 5.00. The molecule has 0 aliphatic rings. The number of rotatable bonds is 8. The molecule has 0 fully saturated rings. The minimum atomic E-state index is -3.53. The number of hydrogen-bond acceptors (Lipinski definition) is 6. The fraction of sp³-hybridized carbons (Fsp3) is 0.217. The molecule has 3 aromatic carbocycles. The molecule has 0 unspecified atom stereocenters. The summed E-state index contributed by atoms with van der Waals surface area (Å²) in [5, 5.41) is 18.4. The first-order valence-corrected chi connectivity index (χ1v) is 11.5. The molecule has 0 bridgehead atoms. The zero-order valence-electron chi connectivity index (χ0n) is 17.8. The van der Waals surface area contributed by atoms with Crippen LogP contribution in [-0.4, -0.2) is 53.5 Å². The van der Waals surface area contributed by atoms with Crippen LogP contribution >= 0.6 is 0 Å². The molecule has 4 rings (SSSR count). The number of sulfonamides is 1. The molecule has 1 N–H and O–H groups in total. The van der Waals surface area contributed by atoms with E-state index in [4.69, 9.17) is 4.74 Å². The summed E-state index contributed by atoms with van der Waals surface area (Å²) in [4.78, 5) is 1.73. The van der Waals surface area contributed by atoms with Crippen LogP contribution in [0.3, 0.4) is 0 Å². The van der Waals surface area contributed by atoms with Gasteiger partial charge >= 0.3 is 0 Å². The first-order chi connectivity index (χ1) is 15.4. The topological polar surface area (TPSA) is 97.6 Å². The fourth-order valence-electron chi connectivity index (χ4n) is 3.26. The van der Waals surface area contributed by atoms with Gasteiger partial charge in [0.05, 0.1) is 4.90 Å². The van der Waals surface area contributed by atoms with Gasteiger partial charge in [0.2, 0.25) is 10.0 Å². The Bertz CT molecular complexity index is 1320. The van der Waals surface area contributed by atoms with Crippen molar-refractivity contribution in [3.8, 4) is 11.4 Å². The Morgan fingerprint density at radius 2 is 1.66 bits per heavy atom. The second-order valence-electron chi connectivity index (χ2n) is 7.48. The Hall–Kier alpha value is -3.27. The smallest absolute Gasteiger partial charge is 0.242 e. The average molecular weight is 453 g/mol. The number of nitrogens with zero attached hydrogens (tertiary/aromatic N) is 4. The van der Waals surface area contributed by atoms with Gasteiger partial charge in [-0.25, -0.2) is 12.7 Å². The quantitative estimate of drug-likeness (QED) is 0.442. The molecule has 0 saturated heterocycles. The van der Waals surface area contributed by atoms with Gasteiger partial charge in [0.1, 0.15) is 29.1 Å². The summed E-state index contributed by atoms with van der Waals surface area (Å²) in [5.41, 5.74) is 3.80. The van der Waals surface area contributed by atoms with Gasteiger partial charge in [-0.05, 0) is 53.9 Å². The highest BCUT2D eigenvalue weighted by Gasteiger charge is 2.18. The van der Waals surface area contributed by atoms with Crippen LogP contribution in [0.25, 0.3) is 16.7 Å². The minimum absolute atomic E-state index is 0.0291. The van der Waals surface area contributed by atoms with Gasteiger partial charge in [-0.3, -0.25) is 0 Å². The summed E-state index contributed by atoms with van der Waals surface area (Å²) in [6.07, 6.45) is 0.499. The van der Waals surface area contributed by atoms with Gasteiger partial charge < -0.3 is 9.84 Å². The van der Waals surface area contributed by atoms with Crippen LogP contribution in [0, 0.1) is 0 Å². The van der Waals surface area contributed by atoms with Crippen molar-refractivity contribution in [1.29, 1.82) is 0 Å². The van der Waals surface area contributed by atoms with Crippen molar-refractivity contribution >= 4 is 21.1 Å². The third-order valence-corrected chi connectivity index (χ3v) is 6.81. The lowest BCUT2D eigenvalue weighted by Crippen LogP contribution is -2.22. The largest absolute Gasteiger partial charge is 0.487 e. The van der Waals surface area contributed by atoms with Crippen molar-refractivity contribution in [2.45, 2.75) is 17.9 Å². The number of aliphatic hydroxyl groups is 1. The van der Waals surface area contributed by atoms with Crippen LogP contribution < -0.4 is 4.74 Å². The SMILES string of the molecule is CN(C)S(=O)(=O)c1cccc(COc2ccc(CCO)cc2-n2nc3ccccc3n2)c1. The highest BCUT2D eigenvalue weighted by Crippen LogP contribution is 2.26. The molecular weight excluding hydrogens is 428 g/mol. The first kappa shape index (κ1) is 21.9. The Labute approximate surface area is 186 Å². The molecule has 4 aromatic rings. The molecular formula is C23H24N4O4S. The van der Waals surface area contributed by atoms with Crippen molar-refractivity contribution in [2.24, 2.45) is 0 Å². The van der Waals surface area contributed by atoms with Crippen LogP contribution in [0.5, 0.6) is 5.75 Å². The van der Waals surface area contributed by atoms with E-state index in [1.807, 2.05) is 48.5 Å². The molecule has 0 radical (unpaired) electrons. The zero-order chi connectivity index (χ0) is 22.7. The Morgan fingerprint density at radius 1 is 0.938 bits per heavy atom. The number of hydrogen-bond donors (Lipinski definition) is 1. The number of benzene rings is 3. The average Bonchev–Trinajstić information content (AvgIpc) is 3.22. The minimum Gasteiger partial charge on any atom is -0.487 e. The Kier molecular flexibility index (Phi) is 6.22. The molecule has 0 spiro atoms. The maximum Gasteiger partial charge on any atom is 0.242 e. The summed E-state index contributed by atoms with van der Waals surface area (Å²) < 4.78 is 32.1. The molecule has 166 valence electrons. The normalized spacial score (nSPS) is 11.9. The van der Waals surface area contributed by atoms with Gasteiger partial charge in [-0.2, -0.15) is 0 Å². The highest BCUT2D eigenvalue weighted by molar-refractivity contribution is 7.89. The molecule has 0 amide bonds. The van der Waals surface area contributed by atoms with Crippen molar-refractivity contribution in [1.82, 2.24) is 19.3 Å². The van der Waals surface area contributed by atoms with E-state index in [1.54, 1.807) is 18.2 Å². The van der Waals surface area contributed by atoms with E-state index in [1.165, 1.54) is 23.2 Å². The number of fused-ring (bicyclic) bond motifs is 1. The number of aromatic nitrogens is 3. The maximum atomic E-state index is 12.4. The predicted octanol–water partition coefficient (Wildman–Crippen LogP) is 2.78. The monoisotopic (exact) mass is 452 g/mol. The molecule has 0 saturated carbocycles. The molecule has 0 aliphatic carbocycles. The van der Waals surface area contributed by atoms with Crippen LogP contribution in [0.1, 0.15) is 11.1 Å². The summed E-state index contributed by atoms with van der Waals surface area (Å²) >= 11 is 0. The fourth-order valence-corrected chi connectivity index (χ4v) is 4.23. The predicted molar refractivity (Wildman–Crippen MR) is 121 cm³/mol. The van der Waals surface area contributed by atoms with Gasteiger partial charge in [0, 0.05) is 20.7 Å². The second-order valence-corrected chi connectivity index (χ2v) is 9.63. The van der Waals surface area contributed by atoms with Gasteiger partial charge in [0.15, 0.2) is 0 Å². The first-order valence-electron chi connectivity index (χ1n) is 10.1. The third kappa shape index (κ3) is 4.50. The summed E-state index contributed by atoms with van der Waals surface area (Å²) in [7, 11) is -0.531. The van der Waals surface area contributed by atoms with E-state index in [0.29, 0.717) is 17.9 Å². The van der Waals surface area contributed by atoms with Crippen LogP contribution in [0.2, 0.25) is 0 Å². The van der Waals surface area contributed by atoms with E-state index in [9.17, 15) is 13.5 Å². The molecule has 0 aliphatic heterocycles. The van der Waals surface area contributed by atoms with Gasteiger partial charge in [-0.1, -0.05) is 30.3 Å². The number of ether oxygens (including phenoxy) is 1. The van der Waals surface area contributed by atoms with Crippen LogP contribution in [0.15, 0.2) is 71.6 Å². The van der Waals surface area contributed by atoms with E-state index in [0.717, 1.165) is 22.2 Å². The molecule has 0 atom stereocenters. The van der Waals surface area contributed by atoms with E-state index >= 15 is 0 Å². The lowest BCUT2D eigenvalue weighted by molar-refractivity contribution is 0.297. The lowest BCUT2D eigenvalue weighted by atomic mass is 10.1. The standard InChI is InChI=1S/C23H24N4O4S/c1-26(2)32(29,30)19-7-5-6-18(14-19)16-31-23-11-10-17(12-13-28)15-22(23)27-24-20-8-3-4-9-21(20)25-27/h3-11,14-15,28H,12-13,16H2,1-2H3. The highest BCUT2D eigenvalue weighted by atomic mass is 32.2. The zero-order valence-corrected chi connectivity index (χ0v) is 18.7. The number of aliphatic hydroxyl groups excluding tert-OH is 1. The summed E-state index contributed by atoms with van der Waals surface area (Å²) in [5.74, 6) is 0.549. The van der Waals surface area contributed by atoms with Gasteiger partial charge in [-0.15, -0.1) is 15.0 Å². The molecule has 9 heteroatoms. The van der Waals surface area contributed by atoms with Crippen molar-refractivity contribution in [3.05, 3.63) is 77.9 Å². The van der Waals surface area contributed by atoms with E-state index < -0.39 is 10.0 Å². The Balaban J connectivity index is 1.66. The van der Waals surface area contributed by atoms with Crippen LogP contribution in [0.4, 0.5) is 0 Å². The van der Waals surface area contributed by atoms with Crippen molar-refractivity contribution in [3.63, 3.8) is 0 Å². The molecule has 1 aromatic heterocycles. The van der Waals surface area contributed by atoms with Crippen LogP contribution in [-0.2, 0) is 23.1 Å². The molecule has 1 heterocycles. The van der Waals surface area contributed by atoms with Gasteiger partial charge in [0.25, 0.3) is 0 Å². The summed E-state index contributed by atoms with van der Waals surface area (Å²) in [6, 6.07) is 19.8. The van der Waals surface area contributed by atoms with E-state index in [-0.39, 0.29) is 18.1 Å². The lowest BCUT2D eigenvalue weighted by Gasteiger charge is -2.14. The van der Waals surface area contributed by atoms with E-state index in [2.05, 4.69) is 10.2 Å². The summed E-state index contributed by atoms with van der Waals surface area (Å²) in [6.45, 7) is 0.200. The maximum absolute atomic E-state index is 12.4. The van der Waals surface area contributed by atoms with Crippen molar-refractivity contribution in [2.75, 3.05) is 20.7 Å².